The fraction of sp³-hybridized carbons (Fsp3) is 0. The third-order valence-electron chi connectivity index (χ3n) is 2.20. The van der Waals surface area contributed by atoms with Crippen molar-refractivity contribution >= 4 is 21.5 Å². The summed E-state index contributed by atoms with van der Waals surface area (Å²) in [5.41, 5.74) is 1.27. The molecule has 0 saturated heterocycles. The molecule has 64 valence electrons. The van der Waals surface area contributed by atoms with E-state index in [1.54, 1.807) is 0 Å². The minimum absolute atomic E-state index is 1.21. The van der Waals surface area contributed by atoms with Crippen LogP contribution in [-0.2, 0) is 17.9 Å². The third-order valence-corrected chi connectivity index (χ3v) is 2.77. The van der Waals surface area contributed by atoms with Gasteiger partial charge in [0.05, 0.1) is 0 Å². The van der Waals surface area contributed by atoms with Gasteiger partial charge < -0.3 is 0 Å². The molecule has 0 bridgehead atoms. The molecule has 0 fully saturated rings. The van der Waals surface area contributed by atoms with Crippen LogP contribution in [0.4, 0.5) is 0 Å². The Balaban J connectivity index is 2.51. The van der Waals surface area contributed by atoms with Gasteiger partial charge in [-0.1, -0.05) is 0 Å². The summed E-state index contributed by atoms with van der Waals surface area (Å²) in [6.07, 6.45) is 4.26. The van der Waals surface area contributed by atoms with Gasteiger partial charge in [-0.15, -0.1) is 0 Å². The van der Waals surface area contributed by atoms with Crippen LogP contribution in [0.15, 0.2) is 48.5 Å². The van der Waals surface area contributed by atoms with E-state index < -0.39 is 0 Å². The fourth-order valence-electron chi connectivity index (χ4n) is 1.49. The quantitative estimate of drug-likeness (QED) is 0.697. The number of fused-ring (bicyclic) bond motifs is 1. The fourth-order valence-corrected chi connectivity index (χ4v) is 1.78. The molecular weight excluding hydrogens is 222 g/mol. The number of allylic oxidation sites excluding steroid dienone is 1. The summed E-state index contributed by atoms with van der Waals surface area (Å²) in [5.74, 6) is 0. The van der Waals surface area contributed by atoms with E-state index in [0.29, 0.717) is 0 Å². The first kappa shape index (κ1) is 9.49. The Labute approximate surface area is 93.5 Å². The molecule has 0 nitrogen and oxygen atoms in total. The van der Waals surface area contributed by atoms with Crippen LogP contribution in [0.1, 0.15) is 5.56 Å². The van der Waals surface area contributed by atoms with E-state index in [1.807, 2.05) is 0 Å². The molecule has 0 unspecified atom stereocenters. The molecule has 2 aromatic rings. The van der Waals surface area contributed by atoms with Crippen molar-refractivity contribution in [3.63, 3.8) is 0 Å². The van der Waals surface area contributed by atoms with Gasteiger partial charge >= 0.3 is 93.4 Å². The van der Waals surface area contributed by atoms with Gasteiger partial charge in [0.25, 0.3) is 0 Å². The van der Waals surface area contributed by atoms with Crippen molar-refractivity contribution in [3.8, 4) is 0 Å². The van der Waals surface area contributed by atoms with Gasteiger partial charge in [0, 0.05) is 0 Å². The van der Waals surface area contributed by atoms with E-state index in [1.165, 1.54) is 34.2 Å². The summed E-state index contributed by atoms with van der Waals surface area (Å²) in [4.78, 5) is 0. The van der Waals surface area contributed by atoms with Crippen molar-refractivity contribution in [2.45, 2.75) is 0 Å². The normalized spacial score (nSPS) is 11.0. The standard InChI is InChI=1S/C13H10.Zn/c1-2-5-11-8-9-12-6-3-4-7-13(12)10-11;/h1-10H;/b5-2-;. The third kappa shape index (κ3) is 2.05. The van der Waals surface area contributed by atoms with Gasteiger partial charge in [0.1, 0.15) is 0 Å². The molecule has 0 aliphatic heterocycles. The summed E-state index contributed by atoms with van der Waals surface area (Å²) in [6.45, 7) is 0. The van der Waals surface area contributed by atoms with E-state index >= 15 is 0 Å². The number of hydrogen-bond donors (Lipinski definition) is 0. The van der Waals surface area contributed by atoms with Crippen LogP contribution < -0.4 is 0 Å². The Morgan fingerprint density at radius 3 is 2.50 bits per heavy atom. The molecule has 1 heteroatoms. The number of benzene rings is 2. The summed E-state index contributed by atoms with van der Waals surface area (Å²) in [7, 11) is 0. The van der Waals surface area contributed by atoms with Gasteiger partial charge in [-0.05, 0) is 0 Å². The Hall–Kier alpha value is -1.07. The van der Waals surface area contributed by atoms with Crippen LogP contribution in [0.2, 0.25) is 0 Å². The molecule has 0 aromatic heterocycles. The zero-order chi connectivity index (χ0) is 9.80. The molecule has 14 heavy (non-hydrogen) atoms. The summed E-state index contributed by atoms with van der Waals surface area (Å²) in [5, 5.41) is 2.61. The SMILES string of the molecule is [Zn]=[CH]/C=C\c1ccc2ccccc2c1. The molecule has 0 saturated carbocycles. The Kier molecular flexibility index (Phi) is 3.01. The number of hydrogen-bond acceptors (Lipinski definition) is 0. The zero-order valence-electron chi connectivity index (χ0n) is 7.98. The van der Waals surface area contributed by atoms with Gasteiger partial charge in [0.15, 0.2) is 0 Å². The van der Waals surface area contributed by atoms with Crippen molar-refractivity contribution < 1.29 is 17.9 Å². The van der Waals surface area contributed by atoms with Crippen molar-refractivity contribution in [1.82, 2.24) is 0 Å². The van der Waals surface area contributed by atoms with Gasteiger partial charge in [-0.3, -0.25) is 0 Å². The average Bonchev–Trinajstić information content (AvgIpc) is 2.26. The van der Waals surface area contributed by atoms with Crippen LogP contribution in [0.25, 0.3) is 16.8 Å². The van der Waals surface area contributed by atoms with Crippen molar-refractivity contribution in [2.75, 3.05) is 0 Å². The molecular formula is C13H10Zn. The van der Waals surface area contributed by atoms with Crippen LogP contribution in [0, 0.1) is 0 Å². The van der Waals surface area contributed by atoms with E-state index in [0.717, 1.165) is 0 Å². The summed E-state index contributed by atoms with van der Waals surface area (Å²) < 4.78 is 2.16. The van der Waals surface area contributed by atoms with Gasteiger partial charge in [0.2, 0.25) is 0 Å². The first-order chi connectivity index (χ1) is 6.90. The molecule has 0 atom stereocenters. The average molecular weight is 232 g/mol. The monoisotopic (exact) mass is 230 g/mol. The molecule has 2 aromatic carbocycles. The van der Waals surface area contributed by atoms with Crippen LogP contribution in [-0.4, -0.2) is 4.61 Å². The zero-order valence-corrected chi connectivity index (χ0v) is 10.9. The minimum atomic E-state index is 1.21. The molecule has 0 heterocycles. The first-order valence-electron chi connectivity index (χ1n) is 4.68. The molecule has 0 aliphatic rings. The number of rotatable bonds is 2. The molecule has 0 N–H and O–H groups in total. The van der Waals surface area contributed by atoms with Crippen molar-refractivity contribution in [3.05, 3.63) is 54.1 Å². The predicted molar refractivity (Wildman–Crippen MR) is 59.0 cm³/mol. The van der Waals surface area contributed by atoms with Crippen LogP contribution >= 0.6 is 0 Å². The first-order valence-corrected chi connectivity index (χ1v) is 6.39. The second-order valence-electron chi connectivity index (χ2n) is 3.20. The van der Waals surface area contributed by atoms with Crippen molar-refractivity contribution in [1.29, 1.82) is 0 Å². The molecule has 0 aliphatic carbocycles. The summed E-state index contributed by atoms with van der Waals surface area (Å²) >= 11 is 1.21. The molecule has 0 amide bonds. The van der Waals surface area contributed by atoms with E-state index in [2.05, 4.69) is 59.2 Å². The second-order valence-corrected chi connectivity index (χ2v) is 4.19. The van der Waals surface area contributed by atoms with E-state index in [-0.39, 0.29) is 0 Å². The van der Waals surface area contributed by atoms with E-state index in [9.17, 15) is 0 Å². The van der Waals surface area contributed by atoms with E-state index in [4.69, 9.17) is 0 Å². The van der Waals surface area contributed by atoms with Crippen molar-refractivity contribution in [2.24, 2.45) is 0 Å². The van der Waals surface area contributed by atoms with Crippen LogP contribution in [0.5, 0.6) is 0 Å². The maximum atomic E-state index is 2.22. The van der Waals surface area contributed by atoms with Gasteiger partial charge in [-0.2, -0.15) is 0 Å². The Morgan fingerprint density at radius 2 is 1.71 bits per heavy atom. The second kappa shape index (κ2) is 4.44. The topological polar surface area (TPSA) is 0 Å². The molecule has 2 rings (SSSR count). The Bertz CT molecular complexity index is 483. The van der Waals surface area contributed by atoms with Gasteiger partial charge in [-0.25, -0.2) is 0 Å². The predicted octanol–water partition coefficient (Wildman–Crippen LogP) is 3.20. The summed E-state index contributed by atoms with van der Waals surface area (Å²) in [6, 6.07) is 15.0. The maximum absolute atomic E-state index is 2.22. The van der Waals surface area contributed by atoms with Crippen LogP contribution in [0.3, 0.4) is 0 Å². The Morgan fingerprint density at radius 1 is 0.929 bits per heavy atom. The molecule has 0 radical (unpaired) electrons. The molecule has 0 spiro atoms.